The first kappa shape index (κ1) is 15.8. The molecule has 1 N–H and O–H groups in total. The first-order valence-electron chi connectivity index (χ1n) is 8.85. The van der Waals surface area contributed by atoms with Gasteiger partial charge in [-0.3, -0.25) is 4.68 Å². The number of nitrogens with zero attached hydrogens (tertiary/aromatic N) is 5. The van der Waals surface area contributed by atoms with Gasteiger partial charge in [0.2, 0.25) is 0 Å². The van der Waals surface area contributed by atoms with Crippen LogP contribution in [0.5, 0.6) is 0 Å². The number of aryl methyl sites for hydroxylation is 1. The van der Waals surface area contributed by atoms with Gasteiger partial charge in [-0.05, 0) is 26.1 Å². The first-order chi connectivity index (χ1) is 11.8. The van der Waals surface area contributed by atoms with Crippen LogP contribution < -0.4 is 5.32 Å². The second-order valence-electron chi connectivity index (χ2n) is 6.88. The van der Waals surface area contributed by atoms with Crippen LogP contribution in [-0.4, -0.2) is 64.1 Å². The van der Waals surface area contributed by atoms with Crippen LogP contribution in [0.3, 0.4) is 0 Å². The molecule has 7 nitrogen and oxygen atoms in total. The molecule has 0 radical (unpaired) electrons. The van der Waals surface area contributed by atoms with E-state index in [4.69, 9.17) is 9.84 Å². The fourth-order valence-corrected chi connectivity index (χ4v) is 3.60. The van der Waals surface area contributed by atoms with Crippen LogP contribution in [0.25, 0.3) is 11.5 Å². The smallest absolute Gasteiger partial charge is 0.160 e. The fourth-order valence-electron chi connectivity index (χ4n) is 3.60. The molecule has 7 heteroatoms. The molecule has 0 aliphatic carbocycles. The maximum atomic E-state index is 5.75. The van der Waals surface area contributed by atoms with Crippen LogP contribution in [0.2, 0.25) is 0 Å². The quantitative estimate of drug-likeness (QED) is 0.903. The molecule has 2 aromatic rings. The van der Waals surface area contributed by atoms with Gasteiger partial charge in [-0.2, -0.15) is 5.10 Å². The van der Waals surface area contributed by atoms with Gasteiger partial charge in [0.1, 0.15) is 5.69 Å². The van der Waals surface area contributed by atoms with Crippen molar-refractivity contribution in [2.45, 2.75) is 26.1 Å². The van der Waals surface area contributed by atoms with Gasteiger partial charge in [-0.25, -0.2) is 4.98 Å². The van der Waals surface area contributed by atoms with Crippen molar-refractivity contribution in [3.63, 3.8) is 0 Å². The van der Waals surface area contributed by atoms with Crippen molar-refractivity contribution in [1.82, 2.24) is 29.5 Å². The molecule has 0 bridgehead atoms. The van der Waals surface area contributed by atoms with Gasteiger partial charge in [-0.15, -0.1) is 0 Å². The summed E-state index contributed by atoms with van der Waals surface area (Å²) in [5.41, 5.74) is 2.22. The molecule has 1 fully saturated rings. The van der Waals surface area contributed by atoms with E-state index in [9.17, 15) is 0 Å². The summed E-state index contributed by atoms with van der Waals surface area (Å²) in [4.78, 5) is 6.92. The summed E-state index contributed by atoms with van der Waals surface area (Å²) >= 11 is 0. The highest BCUT2D eigenvalue weighted by Crippen LogP contribution is 2.20. The van der Waals surface area contributed by atoms with Crippen molar-refractivity contribution in [3.05, 3.63) is 24.2 Å². The maximum Gasteiger partial charge on any atom is 0.160 e. The van der Waals surface area contributed by atoms with Crippen molar-refractivity contribution in [1.29, 1.82) is 0 Å². The molecule has 24 heavy (non-hydrogen) atoms. The van der Waals surface area contributed by atoms with Crippen molar-refractivity contribution in [2.75, 3.05) is 39.9 Å². The zero-order valence-electron chi connectivity index (χ0n) is 14.3. The van der Waals surface area contributed by atoms with E-state index in [0.717, 1.165) is 70.4 Å². The third-order valence-electron chi connectivity index (χ3n) is 4.83. The molecule has 1 atom stereocenters. The summed E-state index contributed by atoms with van der Waals surface area (Å²) in [6.07, 6.45) is 5.05. The molecule has 4 heterocycles. The Hall–Kier alpha value is -1.70. The Morgan fingerprint density at radius 1 is 1.38 bits per heavy atom. The standard InChI is InChI=1S/C17H26N6O/c1-21-7-8-24-13-14(11-21)12-22-6-4-19-17(22)16-9-15-10-18-3-2-5-23(15)20-16/h4,6,9,14,18H,2-3,5,7-8,10-13H2,1H3/t14-/m0/s1. The van der Waals surface area contributed by atoms with Crippen LogP contribution >= 0.6 is 0 Å². The minimum absolute atomic E-state index is 0.479. The van der Waals surface area contributed by atoms with Gasteiger partial charge >= 0.3 is 0 Å². The first-order valence-corrected chi connectivity index (χ1v) is 8.85. The average molecular weight is 330 g/mol. The Bertz CT molecular complexity index is 655. The Morgan fingerprint density at radius 3 is 3.29 bits per heavy atom. The lowest BCUT2D eigenvalue weighted by atomic mass is 10.1. The number of ether oxygens (including phenoxy) is 1. The van der Waals surface area contributed by atoms with E-state index in [1.165, 1.54) is 5.69 Å². The molecular formula is C17H26N6O. The summed E-state index contributed by atoms with van der Waals surface area (Å²) in [6, 6.07) is 2.17. The zero-order chi connectivity index (χ0) is 16.4. The molecule has 4 rings (SSSR count). The highest BCUT2D eigenvalue weighted by Gasteiger charge is 2.20. The second-order valence-corrected chi connectivity index (χ2v) is 6.88. The van der Waals surface area contributed by atoms with E-state index in [1.54, 1.807) is 0 Å². The Kier molecular flexibility index (Phi) is 4.64. The lowest BCUT2D eigenvalue weighted by Gasteiger charge is -2.20. The molecule has 130 valence electrons. The van der Waals surface area contributed by atoms with Gasteiger partial charge < -0.3 is 19.5 Å². The monoisotopic (exact) mass is 330 g/mol. The second kappa shape index (κ2) is 7.04. The van der Waals surface area contributed by atoms with E-state index < -0.39 is 0 Å². The minimum Gasteiger partial charge on any atom is -0.380 e. The number of likely N-dealkylation sites (N-methyl/N-ethyl adjacent to an activating group) is 1. The third kappa shape index (κ3) is 3.38. The summed E-state index contributed by atoms with van der Waals surface area (Å²) in [7, 11) is 2.16. The van der Waals surface area contributed by atoms with Crippen molar-refractivity contribution >= 4 is 0 Å². The van der Waals surface area contributed by atoms with Gasteiger partial charge in [-0.1, -0.05) is 0 Å². The molecule has 2 aliphatic heterocycles. The predicted octanol–water partition coefficient (Wildman–Crippen LogP) is 0.818. The fraction of sp³-hybridized carbons (Fsp3) is 0.647. The molecule has 1 saturated heterocycles. The molecule has 0 aromatic carbocycles. The van der Waals surface area contributed by atoms with Gasteiger partial charge in [0, 0.05) is 51.0 Å². The van der Waals surface area contributed by atoms with E-state index >= 15 is 0 Å². The molecule has 2 aliphatic rings. The zero-order valence-corrected chi connectivity index (χ0v) is 14.3. The molecule has 0 saturated carbocycles. The SMILES string of the molecule is CN1CCOC[C@H](Cn2ccnc2-c2cc3n(n2)CCCNC3)C1. The maximum absolute atomic E-state index is 5.75. The van der Waals surface area contributed by atoms with E-state index in [-0.39, 0.29) is 0 Å². The van der Waals surface area contributed by atoms with Crippen molar-refractivity contribution < 1.29 is 4.74 Å². The van der Waals surface area contributed by atoms with Crippen LogP contribution in [0, 0.1) is 5.92 Å². The molecule has 0 spiro atoms. The van der Waals surface area contributed by atoms with E-state index in [2.05, 4.69) is 43.8 Å². The minimum atomic E-state index is 0.479. The Labute approximate surface area is 142 Å². The highest BCUT2D eigenvalue weighted by atomic mass is 16.5. The van der Waals surface area contributed by atoms with Gasteiger partial charge in [0.05, 0.1) is 18.9 Å². The van der Waals surface area contributed by atoms with Crippen LogP contribution in [0.15, 0.2) is 18.5 Å². The topological polar surface area (TPSA) is 60.1 Å². The molecule has 2 aromatic heterocycles. The highest BCUT2D eigenvalue weighted by molar-refractivity contribution is 5.50. The number of fused-ring (bicyclic) bond motifs is 1. The third-order valence-corrected chi connectivity index (χ3v) is 4.83. The van der Waals surface area contributed by atoms with Gasteiger partial charge in [0.15, 0.2) is 5.82 Å². The number of rotatable bonds is 3. The number of imidazole rings is 1. The van der Waals surface area contributed by atoms with Crippen molar-refractivity contribution in [2.24, 2.45) is 5.92 Å². The van der Waals surface area contributed by atoms with Crippen LogP contribution in [0.1, 0.15) is 12.1 Å². The number of aromatic nitrogens is 4. The summed E-state index contributed by atoms with van der Waals surface area (Å²) in [6.45, 7) is 7.54. The largest absolute Gasteiger partial charge is 0.380 e. The average Bonchev–Trinajstić information content (AvgIpc) is 3.05. The normalized spacial score (nSPS) is 22.8. The Morgan fingerprint density at radius 2 is 2.33 bits per heavy atom. The molecular weight excluding hydrogens is 304 g/mol. The predicted molar refractivity (Wildman–Crippen MR) is 91.6 cm³/mol. The molecule has 0 amide bonds. The number of nitrogens with one attached hydrogen (secondary N) is 1. The van der Waals surface area contributed by atoms with Gasteiger partial charge in [0.25, 0.3) is 0 Å². The lowest BCUT2D eigenvalue weighted by Crippen LogP contribution is -2.28. The van der Waals surface area contributed by atoms with E-state index in [1.807, 2.05) is 6.20 Å². The van der Waals surface area contributed by atoms with Crippen molar-refractivity contribution in [3.8, 4) is 11.5 Å². The Balaban J connectivity index is 1.54. The lowest BCUT2D eigenvalue weighted by molar-refractivity contribution is 0.117. The van der Waals surface area contributed by atoms with Crippen LogP contribution in [-0.2, 0) is 24.4 Å². The number of hydrogen-bond acceptors (Lipinski definition) is 5. The molecule has 0 unspecified atom stereocenters. The summed E-state index contributed by atoms with van der Waals surface area (Å²) < 4.78 is 10.1. The van der Waals surface area contributed by atoms with E-state index in [0.29, 0.717) is 5.92 Å². The van der Waals surface area contributed by atoms with Crippen LogP contribution in [0.4, 0.5) is 0 Å². The summed E-state index contributed by atoms with van der Waals surface area (Å²) in [5.74, 6) is 1.44. The summed E-state index contributed by atoms with van der Waals surface area (Å²) in [5, 5.41) is 8.24. The number of hydrogen-bond donors (Lipinski definition) is 1.